The van der Waals surface area contributed by atoms with Crippen LogP contribution in [-0.2, 0) is 0 Å². The first kappa shape index (κ1) is 8.72. The Bertz CT molecular complexity index is 135. The first-order valence-electron chi connectivity index (χ1n) is 2.44. The summed E-state index contributed by atoms with van der Waals surface area (Å²) < 4.78 is 0. The van der Waals surface area contributed by atoms with Crippen molar-refractivity contribution < 1.29 is 0 Å². The average molecular weight is 165 g/mol. The first-order chi connectivity index (χ1) is 4.04. The molecule has 52 valence electrons. The number of rotatable bonds is 2. The maximum atomic E-state index is 5.50. The highest BCUT2D eigenvalue weighted by atomic mass is 35.5. The zero-order chi connectivity index (χ0) is 7.44. The predicted molar refractivity (Wildman–Crippen MR) is 44.4 cm³/mol. The number of thiocarbonyl (C=S) groups is 1. The zero-order valence-corrected chi connectivity index (χ0v) is 6.72. The number of hydrogen-bond acceptors (Lipinski definition) is 1. The standard InChI is InChI=1S/C5H9ClN2S/c1-3(6)4(2)8-5(7)9/h4H,1H2,2H3,(H3,7,8,9). The lowest BCUT2D eigenvalue weighted by atomic mass is 10.3. The second-order valence-electron chi connectivity index (χ2n) is 1.68. The molecule has 3 N–H and O–H groups in total. The summed E-state index contributed by atoms with van der Waals surface area (Å²) in [5.74, 6) is 0. The van der Waals surface area contributed by atoms with Crippen LogP contribution in [0.1, 0.15) is 6.92 Å². The predicted octanol–water partition coefficient (Wildman–Crippen LogP) is 0.961. The van der Waals surface area contributed by atoms with E-state index in [4.69, 9.17) is 17.3 Å². The van der Waals surface area contributed by atoms with Crippen molar-refractivity contribution in [3.8, 4) is 0 Å². The summed E-state index contributed by atoms with van der Waals surface area (Å²) in [6.45, 7) is 5.32. The van der Waals surface area contributed by atoms with Crippen LogP contribution >= 0.6 is 23.8 Å². The molecule has 0 radical (unpaired) electrons. The molecule has 0 aromatic rings. The van der Waals surface area contributed by atoms with Crippen LogP contribution in [0.5, 0.6) is 0 Å². The van der Waals surface area contributed by atoms with E-state index in [1.165, 1.54) is 0 Å². The molecule has 0 amide bonds. The number of hydrogen-bond donors (Lipinski definition) is 2. The van der Waals surface area contributed by atoms with Gasteiger partial charge in [0.1, 0.15) is 0 Å². The first-order valence-corrected chi connectivity index (χ1v) is 3.23. The number of nitrogens with one attached hydrogen (secondary N) is 1. The Morgan fingerprint density at radius 2 is 2.33 bits per heavy atom. The van der Waals surface area contributed by atoms with Crippen molar-refractivity contribution in [3.05, 3.63) is 11.6 Å². The van der Waals surface area contributed by atoms with Crippen molar-refractivity contribution in [1.82, 2.24) is 5.32 Å². The highest BCUT2D eigenvalue weighted by Crippen LogP contribution is 2.02. The van der Waals surface area contributed by atoms with Gasteiger partial charge in [0.25, 0.3) is 0 Å². The quantitative estimate of drug-likeness (QED) is 0.598. The second-order valence-corrected chi connectivity index (χ2v) is 2.60. The van der Waals surface area contributed by atoms with E-state index in [0.29, 0.717) is 5.03 Å². The Kier molecular flexibility index (Phi) is 3.58. The van der Waals surface area contributed by atoms with Crippen LogP contribution in [0.15, 0.2) is 11.6 Å². The second kappa shape index (κ2) is 3.69. The molecule has 0 aromatic carbocycles. The molecule has 0 heterocycles. The van der Waals surface area contributed by atoms with Crippen LogP contribution in [0, 0.1) is 0 Å². The SMILES string of the molecule is C=C(Cl)C(C)NC(N)=S. The molecule has 0 aliphatic carbocycles. The Morgan fingerprint density at radius 1 is 1.89 bits per heavy atom. The lowest BCUT2D eigenvalue weighted by molar-refractivity contribution is 0.798. The molecule has 4 heteroatoms. The van der Waals surface area contributed by atoms with Crippen LogP contribution in [0.4, 0.5) is 0 Å². The maximum absolute atomic E-state index is 5.50. The van der Waals surface area contributed by atoms with Crippen molar-refractivity contribution in [1.29, 1.82) is 0 Å². The van der Waals surface area contributed by atoms with Crippen LogP contribution in [0.2, 0.25) is 0 Å². The van der Waals surface area contributed by atoms with Gasteiger partial charge in [-0.3, -0.25) is 0 Å². The van der Waals surface area contributed by atoms with E-state index in [1.807, 2.05) is 6.92 Å². The lowest BCUT2D eigenvalue weighted by Crippen LogP contribution is -2.36. The van der Waals surface area contributed by atoms with Crippen LogP contribution < -0.4 is 11.1 Å². The van der Waals surface area contributed by atoms with E-state index >= 15 is 0 Å². The summed E-state index contributed by atoms with van der Waals surface area (Å²) in [6.07, 6.45) is 0. The Balaban J connectivity index is 3.63. The van der Waals surface area contributed by atoms with Gasteiger partial charge in [0.2, 0.25) is 0 Å². The number of nitrogens with two attached hydrogens (primary N) is 1. The third kappa shape index (κ3) is 4.24. The van der Waals surface area contributed by atoms with Gasteiger partial charge in [-0.2, -0.15) is 0 Å². The topological polar surface area (TPSA) is 38.0 Å². The van der Waals surface area contributed by atoms with Crippen molar-refractivity contribution in [3.63, 3.8) is 0 Å². The third-order valence-electron chi connectivity index (χ3n) is 0.829. The third-order valence-corrected chi connectivity index (χ3v) is 1.27. The molecular weight excluding hydrogens is 156 g/mol. The van der Waals surface area contributed by atoms with Gasteiger partial charge in [0.15, 0.2) is 5.11 Å². The van der Waals surface area contributed by atoms with E-state index in [-0.39, 0.29) is 11.2 Å². The largest absolute Gasteiger partial charge is 0.376 e. The molecule has 0 aliphatic heterocycles. The minimum absolute atomic E-state index is 0.0517. The molecule has 0 saturated heterocycles. The Labute approximate surface area is 65.1 Å². The molecule has 9 heavy (non-hydrogen) atoms. The molecule has 0 saturated carbocycles. The summed E-state index contributed by atoms with van der Waals surface area (Å²) >= 11 is 10.1. The van der Waals surface area contributed by atoms with Gasteiger partial charge < -0.3 is 11.1 Å². The van der Waals surface area contributed by atoms with Gasteiger partial charge in [-0.1, -0.05) is 18.2 Å². The van der Waals surface area contributed by atoms with Gasteiger partial charge in [-0.25, -0.2) is 0 Å². The van der Waals surface area contributed by atoms with Gasteiger partial charge in [-0.15, -0.1) is 0 Å². The fourth-order valence-electron chi connectivity index (χ4n) is 0.292. The fraction of sp³-hybridized carbons (Fsp3) is 0.400. The van der Waals surface area contributed by atoms with Gasteiger partial charge >= 0.3 is 0 Å². The molecule has 2 nitrogen and oxygen atoms in total. The minimum Gasteiger partial charge on any atom is -0.376 e. The molecule has 1 atom stereocenters. The molecule has 0 bridgehead atoms. The van der Waals surface area contributed by atoms with Crippen molar-refractivity contribution in [2.24, 2.45) is 5.73 Å². The summed E-state index contributed by atoms with van der Waals surface area (Å²) in [7, 11) is 0. The van der Waals surface area contributed by atoms with Crippen LogP contribution in [0.25, 0.3) is 0 Å². The average Bonchev–Trinajstić information content (AvgIpc) is 1.63. The molecular formula is C5H9ClN2S. The van der Waals surface area contributed by atoms with E-state index in [2.05, 4.69) is 24.1 Å². The molecule has 0 aromatic heterocycles. The Morgan fingerprint density at radius 3 is 2.44 bits per heavy atom. The molecule has 0 rings (SSSR count). The summed E-state index contributed by atoms with van der Waals surface area (Å²) in [6, 6.07) is -0.0517. The van der Waals surface area contributed by atoms with Gasteiger partial charge in [0.05, 0.1) is 6.04 Å². The van der Waals surface area contributed by atoms with E-state index < -0.39 is 0 Å². The Hall–Kier alpha value is -0.280. The smallest absolute Gasteiger partial charge is 0.164 e. The highest BCUT2D eigenvalue weighted by Gasteiger charge is 2.01. The van der Waals surface area contributed by atoms with Crippen LogP contribution in [0.3, 0.4) is 0 Å². The van der Waals surface area contributed by atoms with Crippen molar-refractivity contribution in [2.45, 2.75) is 13.0 Å². The molecule has 1 unspecified atom stereocenters. The summed E-state index contributed by atoms with van der Waals surface area (Å²) in [4.78, 5) is 0. The normalized spacial score (nSPS) is 12.2. The maximum Gasteiger partial charge on any atom is 0.164 e. The van der Waals surface area contributed by atoms with E-state index in [9.17, 15) is 0 Å². The summed E-state index contributed by atoms with van der Waals surface area (Å²) in [5.41, 5.74) is 5.15. The minimum atomic E-state index is -0.0517. The van der Waals surface area contributed by atoms with E-state index in [1.54, 1.807) is 0 Å². The zero-order valence-electron chi connectivity index (χ0n) is 5.15. The monoisotopic (exact) mass is 164 g/mol. The summed E-state index contributed by atoms with van der Waals surface area (Å²) in [5, 5.41) is 3.46. The lowest BCUT2D eigenvalue weighted by Gasteiger charge is -2.10. The van der Waals surface area contributed by atoms with Crippen LogP contribution in [-0.4, -0.2) is 11.2 Å². The fourth-order valence-corrected chi connectivity index (χ4v) is 0.523. The van der Waals surface area contributed by atoms with E-state index in [0.717, 1.165) is 0 Å². The molecule has 0 spiro atoms. The number of halogens is 1. The molecule has 0 fully saturated rings. The highest BCUT2D eigenvalue weighted by molar-refractivity contribution is 7.80. The van der Waals surface area contributed by atoms with Crippen molar-refractivity contribution >= 4 is 28.9 Å². The van der Waals surface area contributed by atoms with Gasteiger partial charge in [-0.05, 0) is 19.1 Å². The van der Waals surface area contributed by atoms with Gasteiger partial charge in [0, 0.05) is 5.03 Å². The van der Waals surface area contributed by atoms with Crippen molar-refractivity contribution in [2.75, 3.05) is 0 Å². The molecule has 0 aliphatic rings.